The average Bonchev–Trinajstić information content (AvgIpc) is 3.57. The van der Waals surface area contributed by atoms with Crippen molar-refractivity contribution in [2.75, 3.05) is 26.8 Å². The molecule has 4 bridgehead atoms. The number of ether oxygens (including phenoxy) is 3. The highest BCUT2D eigenvalue weighted by atomic mass is 16.5. The molecule has 0 spiro atoms. The monoisotopic (exact) mass is 490 g/mol. The summed E-state index contributed by atoms with van der Waals surface area (Å²) in [6, 6.07) is 15.1. The number of carbonyl (C=O) groups is 3. The van der Waals surface area contributed by atoms with Crippen molar-refractivity contribution in [3.8, 4) is 17.2 Å². The lowest BCUT2D eigenvalue weighted by Crippen LogP contribution is -2.45. The summed E-state index contributed by atoms with van der Waals surface area (Å²) in [5, 5.41) is 5.81. The highest BCUT2D eigenvalue weighted by molar-refractivity contribution is 5.96. The topological polar surface area (TPSA) is 122 Å². The Labute approximate surface area is 207 Å². The van der Waals surface area contributed by atoms with Gasteiger partial charge in [-0.25, -0.2) is 0 Å². The summed E-state index contributed by atoms with van der Waals surface area (Å²) in [6.45, 7) is 0.676. The molecule has 1 saturated heterocycles. The molecule has 186 valence electrons. The second-order valence-corrected chi connectivity index (χ2v) is 8.61. The van der Waals surface area contributed by atoms with Gasteiger partial charge in [-0.05, 0) is 48.0 Å². The van der Waals surface area contributed by atoms with E-state index >= 15 is 0 Å². The minimum atomic E-state index is -0.469. The number of aromatic nitrogens is 1. The highest BCUT2D eigenvalue weighted by Crippen LogP contribution is 2.29. The minimum Gasteiger partial charge on any atom is -0.493 e. The number of fused-ring (bicyclic) bond motifs is 7. The van der Waals surface area contributed by atoms with Gasteiger partial charge >= 0.3 is 0 Å². The average molecular weight is 491 g/mol. The van der Waals surface area contributed by atoms with Crippen molar-refractivity contribution in [1.82, 2.24) is 20.5 Å². The predicted octanol–water partition coefficient (Wildman–Crippen LogP) is 1.73. The predicted molar refractivity (Wildman–Crippen MR) is 129 cm³/mol. The fourth-order valence-corrected chi connectivity index (χ4v) is 4.27. The minimum absolute atomic E-state index is 0.168. The van der Waals surface area contributed by atoms with Crippen LogP contribution in [0, 0.1) is 0 Å². The van der Waals surface area contributed by atoms with Crippen molar-refractivity contribution < 1.29 is 28.6 Å². The molecule has 1 fully saturated rings. The maximum atomic E-state index is 13.2. The molecule has 3 aliphatic heterocycles. The molecule has 6 rings (SSSR count). The Balaban J connectivity index is 1.45. The molecule has 0 aliphatic carbocycles. The summed E-state index contributed by atoms with van der Waals surface area (Å²) in [7, 11) is 1.48. The first-order valence-corrected chi connectivity index (χ1v) is 11.6. The first-order valence-electron chi connectivity index (χ1n) is 11.6. The van der Waals surface area contributed by atoms with Gasteiger partial charge in [0.1, 0.15) is 17.5 Å². The van der Waals surface area contributed by atoms with E-state index in [0.29, 0.717) is 35.8 Å². The van der Waals surface area contributed by atoms with Crippen molar-refractivity contribution >= 4 is 17.7 Å². The van der Waals surface area contributed by atoms with E-state index in [-0.39, 0.29) is 36.6 Å². The Bertz CT molecular complexity index is 1260. The van der Waals surface area contributed by atoms with E-state index in [0.717, 1.165) is 5.56 Å². The number of aromatic amines is 1. The van der Waals surface area contributed by atoms with E-state index in [1.807, 2.05) is 12.1 Å². The first-order chi connectivity index (χ1) is 17.5. The van der Waals surface area contributed by atoms with E-state index in [9.17, 15) is 14.4 Å². The van der Waals surface area contributed by atoms with E-state index < -0.39 is 12.1 Å². The molecule has 3 N–H and O–H groups in total. The Morgan fingerprint density at radius 2 is 1.92 bits per heavy atom. The van der Waals surface area contributed by atoms with Crippen LogP contribution in [-0.4, -0.2) is 66.6 Å². The quantitative estimate of drug-likeness (QED) is 0.503. The van der Waals surface area contributed by atoms with Crippen molar-refractivity contribution in [2.24, 2.45) is 0 Å². The van der Waals surface area contributed by atoms with E-state index in [1.165, 1.54) is 13.2 Å². The number of H-pyrrole nitrogens is 1. The van der Waals surface area contributed by atoms with Crippen LogP contribution in [0.25, 0.3) is 0 Å². The number of amides is 3. The number of nitrogens with one attached hydrogen (secondary N) is 3. The smallest absolute Gasteiger partial charge is 0.270 e. The highest BCUT2D eigenvalue weighted by Gasteiger charge is 2.38. The standard InChI is InChI=1S/C26H26N4O6/c1-34-21-9-6-17-11-22(21)35-15-24(31)28-12-16-4-7-18(8-5-16)36-23-14-30(13-20(23)29-25(17)32)26(33)19-3-2-10-27-19/h2-11,20,23,27H,12-15H2,1H3,(H,28,31)(H,29,32)/t20-,23-/m0/s1. The van der Waals surface area contributed by atoms with Crippen LogP contribution < -0.4 is 24.8 Å². The fraction of sp³-hybridized carbons (Fsp3) is 0.269. The summed E-state index contributed by atoms with van der Waals surface area (Å²) < 4.78 is 17.2. The van der Waals surface area contributed by atoms with Crippen molar-refractivity contribution in [3.05, 3.63) is 77.6 Å². The lowest BCUT2D eigenvalue weighted by Gasteiger charge is -2.21. The van der Waals surface area contributed by atoms with Gasteiger partial charge in [0, 0.05) is 24.8 Å². The molecule has 0 radical (unpaired) electrons. The number of benzene rings is 2. The van der Waals surface area contributed by atoms with Crippen LogP contribution in [0.4, 0.5) is 0 Å². The van der Waals surface area contributed by atoms with Crippen LogP contribution in [0.3, 0.4) is 0 Å². The summed E-state index contributed by atoms with van der Waals surface area (Å²) in [5.41, 5.74) is 1.69. The maximum absolute atomic E-state index is 13.2. The Kier molecular flexibility index (Phi) is 6.48. The van der Waals surface area contributed by atoms with Crippen LogP contribution in [0.5, 0.6) is 17.2 Å². The molecular formula is C26H26N4O6. The summed E-state index contributed by atoms with van der Waals surface area (Å²) in [6.07, 6.45) is 1.22. The van der Waals surface area contributed by atoms with Crippen LogP contribution in [0.2, 0.25) is 0 Å². The van der Waals surface area contributed by atoms with Gasteiger partial charge in [0.15, 0.2) is 18.1 Å². The Morgan fingerprint density at radius 1 is 1.08 bits per heavy atom. The van der Waals surface area contributed by atoms with Gasteiger partial charge in [-0.15, -0.1) is 0 Å². The number of methoxy groups -OCH3 is 1. The van der Waals surface area contributed by atoms with Gasteiger partial charge < -0.3 is 34.7 Å². The first kappa shape index (κ1) is 23.3. The molecule has 1 aromatic heterocycles. The zero-order chi connectivity index (χ0) is 25.1. The molecular weight excluding hydrogens is 464 g/mol. The van der Waals surface area contributed by atoms with E-state index in [1.54, 1.807) is 47.5 Å². The number of hydrogen-bond donors (Lipinski definition) is 3. The summed E-state index contributed by atoms with van der Waals surface area (Å²) in [4.78, 5) is 43.1. The van der Waals surface area contributed by atoms with Crippen molar-refractivity contribution in [3.63, 3.8) is 0 Å². The molecule has 4 heterocycles. The largest absolute Gasteiger partial charge is 0.493 e. The molecule has 36 heavy (non-hydrogen) atoms. The Hall–Kier alpha value is -4.47. The molecule has 10 nitrogen and oxygen atoms in total. The number of carbonyl (C=O) groups excluding carboxylic acids is 3. The normalized spacial score (nSPS) is 19.9. The van der Waals surface area contributed by atoms with Crippen LogP contribution >= 0.6 is 0 Å². The number of rotatable bonds is 2. The molecule has 3 amide bonds. The maximum Gasteiger partial charge on any atom is 0.270 e. The molecule has 3 aliphatic rings. The third-order valence-corrected chi connectivity index (χ3v) is 6.18. The van der Waals surface area contributed by atoms with E-state index in [4.69, 9.17) is 14.2 Å². The van der Waals surface area contributed by atoms with Gasteiger partial charge in [-0.1, -0.05) is 12.1 Å². The van der Waals surface area contributed by atoms with Crippen molar-refractivity contribution in [1.29, 1.82) is 0 Å². The third kappa shape index (κ3) is 4.97. The van der Waals surface area contributed by atoms with E-state index in [2.05, 4.69) is 15.6 Å². The SMILES string of the molecule is COc1ccc2cc1OCC(=O)NCc1ccc(cc1)O[C@H]1CN(C(=O)c3ccc[nH]3)C[C@@H]1NC2=O. The second-order valence-electron chi connectivity index (χ2n) is 8.61. The molecule has 3 aromatic rings. The molecule has 0 unspecified atom stereocenters. The van der Waals surface area contributed by atoms with Crippen LogP contribution in [-0.2, 0) is 11.3 Å². The van der Waals surface area contributed by atoms with Gasteiger partial charge in [0.2, 0.25) is 0 Å². The Morgan fingerprint density at radius 3 is 2.67 bits per heavy atom. The molecule has 2 atom stereocenters. The summed E-state index contributed by atoms with van der Waals surface area (Å²) >= 11 is 0. The van der Waals surface area contributed by atoms with Crippen molar-refractivity contribution in [2.45, 2.75) is 18.7 Å². The van der Waals surface area contributed by atoms with Crippen LogP contribution in [0.1, 0.15) is 26.4 Å². The fourth-order valence-electron chi connectivity index (χ4n) is 4.27. The molecule has 10 heteroatoms. The van der Waals surface area contributed by atoms with Crippen LogP contribution in [0.15, 0.2) is 60.8 Å². The van der Waals surface area contributed by atoms with Gasteiger partial charge in [0.05, 0.1) is 19.7 Å². The zero-order valence-corrected chi connectivity index (χ0v) is 19.7. The second kappa shape index (κ2) is 10.0. The summed E-state index contributed by atoms with van der Waals surface area (Å²) in [5.74, 6) is 0.438. The number of nitrogens with zero attached hydrogens (tertiary/aromatic N) is 1. The lowest BCUT2D eigenvalue weighted by atomic mass is 10.1. The number of hydrogen-bond acceptors (Lipinski definition) is 6. The molecule has 2 aromatic carbocycles. The van der Waals surface area contributed by atoms with Gasteiger partial charge in [-0.2, -0.15) is 0 Å². The zero-order valence-electron chi connectivity index (χ0n) is 19.7. The van der Waals surface area contributed by atoms with Gasteiger partial charge in [-0.3, -0.25) is 14.4 Å². The van der Waals surface area contributed by atoms with Gasteiger partial charge in [0.25, 0.3) is 17.7 Å². The molecule has 0 saturated carbocycles. The lowest BCUT2D eigenvalue weighted by molar-refractivity contribution is -0.123. The third-order valence-electron chi connectivity index (χ3n) is 6.18. The number of likely N-dealkylation sites (tertiary alicyclic amines) is 1.